The van der Waals surface area contributed by atoms with Crippen molar-refractivity contribution >= 4 is 16.7 Å². The van der Waals surface area contributed by atoms with Crippen molar-refractivity contribution in [2.45, 2.75) is 18.9 Å². The van der Waals surface area contributed by atoms with Crippen molar-refractivity contribution in [1.82, 2.24) is 4.90 Å². The predicted molar refractivity (Wildman–Crippen MR) is 99.3 cm³/mol. The number of hydrogen-bond acceptors (Lipinski definition) is 4. The zero-order chi connectivity index (χ0) is 17.9. The summed E-state index contributed by atoms with van der Waals surface area (Å²) < 4.78 is 16.7. The highest BCUT2D eigenvalue weighted by molar-refractivity contribution is 5.84. The van der Waals surface area contributed by atoms with Gasteiger partial charge >= 0.3 is 0 Å². The molecule has 0 spiro atoms. The van der Waals surface area contributed by atoms with Gasteiger partial charge in [0.1, 0.15) is 11.9 Å². The van der Waals surface area contributed by atoms with Crippen LogP contribution in [-0.4, -0.2) is 50.8 Å². The lowest BCUT2D eigenvalue weighted by Crippen LogP contribution is -2.46. The first-order chi connectivity index (χ1) is 12.7. The van der Waals surface area contributed by atoms with Crippen LogP contribution < -0.4 is 4.74 Å². The van der Waals surface area contributed by atoms with Gasteiger partial charge in [-0.15, -0.1) is 0 Å². The Morgan fingerprint density at radius 1 is 1.08 bits per heavy atom. The summed E-state index contributed by atoms with van der Waals surface area (Å²) in [6.07, 6.45) is 1.59. The molecule has 1 atom stereocenters. The molecule has 1 amide bonds. The average molecular weight is 355 g/mol. The van der Waals surface area contributed by atoms with Gasteiger partial charge in [-0.2, -0.15) is 0 Å². The lowest BCUT2D eigenvalue weighted by molar-refractivity contribution is -0.146. The van der Waals surface area contributed by atoms with Crippen LogP contribution in [-0.2, 0) is 14.3 Å². The van der Waals surface area contributed by atoms with Gasteiger partial charge in [-0.3, -0.25) is 4.79 Å². The minimum absolute atomic E-state index is 0.0703. The van der Waals surface area contributed by atoms with Gasteiger partial charge in [-0.1, -0.05) is 18.2 Å². The van der Waals surface area contributed by atoms with E-state index in [1.807, 2.05) is 17.0 Å². The summed E-state index contributed by atoms with van der Waals surface area (Å²) in [7, 11) is 1.68. The van der Waals surface area contributed by atoms with E-state index in [-0.39, 0.29) is 17.9 Å². The number of carbonyl (C=O) groups excluding carboxylic acids is 1. The fourth-order valence-electron chi connectivity index (χ4n) is 3.82. The minimum atomic E-state index is -0.0703. The van der Waals surface area contributed by atoms with Gasteiger partial charge in [-0.05, 0) is 47.4 Å². The first-order valence-electron chi connectivity index (χ1n) is 9.30. The highest BCUT2D eigenvalue weighted by Gasteiger charge is 2.31. The monoisotopic (exact) mass is 355 g/mol. The Balaban J connectivity index is 1.50. The van der Waals surface area contributed by atoms with E-state index in [0.29, 0.717) is 32.9 Å². The lowest BCUT2D eigenvalue weighted by atomic mass is 9.97. The third kappa shape index (κ3) is 3.55. The van der Waals surface area contributed by atoms with Crippen molar-refractivity contribution in [3.8, 4) is 5.75 Å². The Kier molecular flexibility index (Phi) is 5.09. The van der Waals surface area contributed by atoms with Gasteiger partial charge in [-0.25, -0.2) is 0 Å². The zero-order valence-corrected chi connectivity index (χ0v) is 15.1. The molecule has 2 aliphatic rings. The summed E-state index contributed by atoms with van der Waals surface area (Å²) in [5.41, 5.74) is 1.12. The molecule has 4 rings (SSSR count). The van der Waals surface area contributed by atoms with Crippen molar-refractivity contribution in [3.05, 3.63) is 42.0 Å². The van der Waals surface area contributed by atoms with Crippen LogP contribution >= 0.6 is 0 Å². The maximum absolute atomic E-state index is 12.8. The minimum Gasteiger partial charge on any atom is -0.497 e. The number of rotatable bonds is 3. The standard InChI is InChI=1S/C21H25NO4/c1-24-19-5-4-16-12-18(3-2-17(16)13-19)20-14-22(8-11-26-20)21(23)15-6-9-25-10-7-15/h2-5,12-13,15,20H,6-11,14H2,1H3. The lowest BCUT2D eigenvalue weighted by Gasteiger charge is -2.36. The van der Waals surface area contributed by atoms with E-state index in [0.717, 1.165) is 34.9 Å². The van der Waals surface area contributed by atoms with Crippen molar-refractivity contribution in [1.29, 1.82) is 0 Å². The quantitative estimate of drug-likeness (QED) is 0.848. The molecule has 1 unspecified atom stereocenters. The molecule has 0 N–H and O–H groups in total. The number of ether oxygens (including phenoxy) is 3. The summed E-state index contributed by atoms with van der Waals surface area (Å²) in [6.45, 7) is 3.27. The number of methoxy groups -OCH3 is 1. The highest BCUT2D eigenvalue weighted by Crippen LogP contribution is 2.29. The van der Waals surface area contributed by atoms with E-state index >= 15 is 0 Å². The molecule has 2 aliphatic heterocycles. The molecule has 138 valence electrons. The van der Waals surface area contributed by atoms with Crippen LogP contribution in [0.4, 0.5) is 0 Å². The molecule has 2 saturated heterocycles. The van der Waals surface area contributed by atoms with Crippen LogP contribution in [0.15, 0.2) is 36.4 Å². The number of nitrogens with zero attached hydrogens (tertiary/aromatic N) is 1. The molecule has 5 heteroatoms. The van der Waals surface area contributed by atoms with Crippen molar-refractivity contribution in [2.75, 3.05) is 40.0 Å². The van der Waals surface area contributed by atoms with Gasteiger partial charge in [0.2, 0.25) is 5.91 Å². The second kappa shape index (κ2) is 7.64. The van der Waals surface area contributed by atoms with E-state index in [1.54, 1.807) is 7.11 Å². The average Bonchev–Trinajstić information content (AvgIpc) is 2.73. The number of carbonyl (C=O) groups is 1. The van der Waals surface area contributed by atoms with Gasteiger partial charge in [0, 0.05) is 25.7 Å². The molecular weight excluding hydrogens is 330 g/mol. The molecule has 0 bridgehead atoms. The van der Waals surface area contributed by atoms with Crippen LogP contribution in [0.1, 0.15) is 24.5 Å². The van der Waals surface area contributed by atoms with Crippen LogP contribution in [0.2, 0.25) is 0 Å². The Labute approximate surface area is 153 Å². The smallest absolute Gasteiger partial charge is 0.226 e. The zero-order valence-electron chi connectivity index (χ0n) is 15.1. The van der Waals surface area contributed by atoms with Crippen LogP contribution in [0.3, 0.4) is 0 Å². The number of fused-ring (bicyclic) bond motifs is 1. The number of amides is 1. The van der Waals surface area contributed by atoms with Crippen LogP contribution in [0.5, 0.6) is 5.75 Å². The SMILES string of the molecule is COc1ccc2cc(C3CN(C(=O)C4CCOCC4)CCO3)ccc2c1. The molecule has 2 aromatic carbocycles. The van der Waals surface area contributed by atoms with Crippen molar-refractivity contribution < 1.29 is 19.0 Å². The van der Waals surface area contributed by atoms with Gasteiger partial charge in [0.05, 0.1) is 20.3 Å². The topological polar surface area (TPSA) is 48.0 Å². The second-order valence-electron chi connectivity index (χ2n) is 7.00. The van der Waals surface area contributed by atoms with Gasteiger partial charge in [0.15, 0.2) is 0 Å². The first kappa shape index (κ1) is 17.3. The number of morpholine rings is 1. The fourth-order valence-corrected chi connectivity index (χ4v) is 3.82. The van der Waals surface area contributed by atoms with Crippen molar-refractivity contribution in [2.24, 2.45) is 5.92 Å². The number of benzene rings is 2. The first-order valence-corrected chi connectivity index (χ1v) is 9.30. The van der Waals surface area contributed by atoms with E-state index in [9.17, 15) is 4.79 Å². The summed E-state index contributed by atoms with van der Waals surface area (Å²) in [5, 5.41) is 2.29. The molecular formula is C21H25NO4. The Morgan fingerprint density at radius 2 is 1.85 bits per heavy atom. The molecule has 2 aromatic rings. The van der Waals surface area contributed by atoms with E-state index < -0.39 is 0 Å². The number of hydrogen-bond donors (Lipinski definition) is 0. The molecule has 0 aliphatic carbocycles. The Morgan fingerprint density at radius 3 is 2.65 bits per heavy atom. The van der Waals surface area contributed by atoms with E-state index in [2.05, 4.69) is 24.3 Å². The van der Waals surface area contributed by atoms with Crippen LogP contribution in [0, 0.1) is 5.92 Å². The van der Waals surface area contributed by atoms with Gasteiger partial charge < -0.3 is 19.1 Å². The van der Waals surface area contributed by atoms with Crippen LogP contribution in [0.25, 0.3) is 10.8 Å². The molecule has 2 heterocycles. The van der Waals surface area contributed by atoms with Crippen molar-refractivity contribution in [3.63, 3.8) is 0 Å². The molecule has 0 aromatic heterocycles. The summed E-state index contributed by atoms with van der Waals surface area (Å²) in [6, 6.07) is 12.4. The summed E-state index contributed by atoms with van der Waals surface area (Å²) in [5.74, 6) is 1.21. The maximum Gasteiger partial charge on any atom is 0.226 e. The second-order valence-corrected chi connectivity index (χ2v) is 7.00. The molecule has 0 radical (unpaired) electrons. The predicted octanol–water partition coefficient (Wildman–Crippen LogP) is 3.17. The molecule has 0 saturated carbocycles. The third-order valence-corrected chi connectivity index (χ3v) is 5.39. The normalized spacial score (nSPS) is 21.7. The Hall–Kier alpha value is -2.11. The third-order valence-electron chi connectivity index (χ3n) is 5.39. The highest BCUT2D eigenvalue weighted by atomic mass is 16.5. The largest absolute Gasteiger partial charge is 0.497 e. The fraction of sp³-hybridized carbons (Fsp3) is 0.476. The van der Waals surface area contributed by atoms with Gasteiger partial charge in [0.25, 0.3) is 0 Å². The summed E-state index contributed by atoms with van der Waals surface area (Å²) in [4.78, 5) is 14.8. The molecule has 5 nitrogen and oxygen atoms in total. The maximum atomic E-state index is 12.8. The molecule has 2 fully saturated rings. The molecule has 26 heavy (non-hydrogen) atoms. The van der Waals surface area contributed by atoms with E-state index in [1.165, 1.54) is 0 Å². The van der Waals surface area contributed by atoms with E-state index in [4.69, 9.17) is 14.2 Å². The summed E-state index contributed by atoms with van der Waals surface area (Å²) >= 11 is 0. The Bertz CT molecular complexity index is 785.